The molecule has 0 saturated carbocycles. The fraction of sp³-hybridized carbons (Fsp3) is 0.316. The molecule has 25 heavy (non-hydrogen) atoms. The molecule has 0 unspecified atom stereocenters. The van der Waals surface area contributed by atoms with E-state index in [1.165, 1.54) is 12.1 Å². The maximum absolute atomic E-state index is 13.6. The molecular formula is C19H22Cl2FN2O+. The van der Waals surface area contributed by atoms with E-state index in [2.05, 4.69) is 12.2 Å². The van der Waals surface area contributed by atoms with Gasteiger partial charge in [-0.2, -0.15) is 0 Å². The van der Waals surface area contributed by atoms with Gasteiger partial charge in [-0.3, -0.25) is 4.79 Å². The van der Waals surface area contributed by atoms with Crippen LogP contribution in [0.5, 0.6) is 0 Å². The molecule has 0 aliphatic rings. The largest absolute Gasteiger partial charge is 0.332 e. The smallest absolute Gasteiger partial charge is 0.279 e. The topological polar surface area (TPSA) is 45.7 Å². The first kappa shape index (κ1) is 19.7. The Morgan fingerprint density at radius 3 is 2.68 bits per heavy atom. The standard InChI is InChI=1S/C19H21Cl2FN2O/c1-4-13-7-5-6-11(2)19(13)24-18(25)10-23-12(3)14-8-17(22)16(21)9-15(14)20/h5-9,12,23H,4,10H2,1-3H3,(H,24,25)/p+1/t12-/m1/s1. The summed E-state index contributed by atoms with van der Waals surface area (Å²) in [6.45, 7) is 6.10. The highest BCUT2D eigenvalue weighted by Crippen LogP contribution is 2.27. The van der Waals surface area contributed by atoms with Crippen LogP contribution in [0.1, 0.15) is 36.6 Å². The highest BCUT2D eigenvalue weighted by Gasteiger charge is 2.18. The Morgan fingerprint density at radius 1 is 1.28 bits per heavy atom. The number of nitrogens with two attached hydrogens (primary N) is 1. The lowest BCUT2D eigenvalue weighted by atomic mass is 10.1. The van der Waals surface area contributed by atoms with Crippen LogP contribution in [0.4, 0.5) is 10.1 Å². The lowest BCUT2D eigenvalue weighted by Gasteiger charge is -2.15. The van der Waals surface area contributed by atoms with Crippen molar-refractivity contribution < 1.29 is 14.5 Å². The molecular weight excluding hydrogens is 362 g/mol. The Morgan fingerprint density at radius 2 is 2.00 bits per heavy atom. The van der Waals surface area contributed by atoms with Crippen LogP contribution < -0.4 is 10.6 Å². The minimum absolute atomic E-state index is 0.00894. The molecule has 0 heterocycles. The van der Waals surface area contributed by atoms with Crippen LogP contribution in [-0.4, -0.2) is 12.5 Å². The van der Waals surface area contributed by atoms with Gasteiger partial charge in [0.25, 0.3) is 5.91 Å². The van der Waals surface area contributed by atoms with Gasteiger partial charge in [0, 0.05) is 11.3 Å². The van der Waals surface area contributed by atoms with Gasteiger partial charge in [-0.1, -0.05) is 48.3 Å². The van der Waals surface area contributed by atoms with Crippen molar-refractivity contribution in [3.63, 3.8) is 0 Å². The summed E-state index contributed by atoms with van der Waals surface area (Å²) < 4.78 is 13.6. The van der Waals surface area contributed by atoms with Crippen molar-refractivity contribution in [2.75, 3.05) is 11.9 Å². The molecule has 2 aromatic carbocycles. The zero-order chi connectivity index (χ0) is 18.6. The van der Waals surface area contributed by atoms with E-state index in [0.717, 1.165) is 23.2 Å². The number of quaternary nitrogens is 1. The van der Waals surface area contributed by atoms with E-state index < -0.39 is 5.82 Å². The van der Waals surface area contributed by atoms with Crippen LogP contribution in [-0.2, 0) is 11.2 Å². The van der Waals surface area contributed by atoms with Gasteiger partial charge in [-0.25, -0.2) is 4.39 Å². The Kier molecular flexibility index (Phi) is 6.82. The molecule has 0 aromatic heterocycles. The summed E-state index contributed by atoms with van der Waals surface area (Å²) in [5.41, 5.74) is 3.61. The van der Waals surface area contributed by atoms with Gasteiger partial charge in [0.2, 0.25) is 0 Å². The van der Waals surface area contributed by atoms with Crippen molar-refractivity contribution >= 4 is 34.8 Å². The molecule has 6 heteroatoms. The summed E-state index contributed by atoms with van der Waals surface area (Å²) in [4.78, 5) is 12.3. The molecule has 0 spiro atoms. The van der Waals surface area contributed by atoms with Crippen LogP contribution in [0.3, 0.4) is 0 Å². The summed E-state index contributed by atoms with van der Waals surface area (Å²) in [7, 11) is 0. The number of hydrogen-bond donors (Lipinski definition) is 2. The number of nitrogens with one attached hydrogen (secondary N) is 1. The minimum atomic E-state index is -0.515. The van der Waals surface area contributed by atoms with E-state index in [-0.39, 0.29) is 23.5 Å². The van der Waals surface area contributed by atoms with Gasteiger partial charge in [0.05, 0.1) is 10.0 Å². The molecule has 2 rings (SSSR count). The molecule has 3 N–H and O–H groups in total. The van der Waals surface area contributed by atoms with Crippen molar-refractivity contribution in [2.24, 2.45) is 0 Å². The van der Waals surface area contributed by atoms with E-state index >= 15 is 0 Å². The number of benzene rings is 2. The minimum Gasteiger partial charge on any atom is -0.332 e. The first-order chi connectivity index (χ1) is 11.8. The van der Waals surface area contributed by atoms with Gasteiger partial charge < -0.3 is 10.6 Å². The second-order valence-corrected chi connectivity index (χ2v) is 6.84. The van der Waals surface area contributed by atoms with Crippen LogP contribution in [0.2, 0.25) is 10.0 Å². The average molecular weight is 384 g/mol. The van der Waals surface area contributed by atoms with Crippen LogP contribution >= 0.6 is 23.2 Å². The molecule has 1 amide bonds. The molecule has 2 aromatic rings. The molecule has 0 fully saturated rings. The Hall–Kier alpha value is -1.62. The van der Waals surface area contributed by atoms with Gasteiger partial charge in [-0.05, 0) is 43.5 Å². The zero-order valence-electron chi connectivity index (χ0n) is 14.5. The number of para-hydroxylation sites is 1. The molecule has 0 bridgehead atoms. The van der Waals surface area contributed by atoms with Crippen LogP contribution in [0, 0.1) is 12.7 Å². The summed E-state index contributed by atoms with van der Waals surface area (Å²) in [5.74, 6) is -0.625. The van der Waals surface area contributed by atoms with Crippen molar-refractivity contribution in [2.45, 2.75) is 33.2 Å². The molecule has 0 saturated heterocycles. The van der Waals surface area contributed by atoms with Crippen molar-refractivity contribution in [1.82, 2.24) is 0 Å². The van der Waals surface area contributed by atoms with Crippen LogP contribution in [0.25, 0.3) is 0 Å². The van der Waals surface area contributed by atoms with Gasteiger partial charge in [-0.15, -0.1) is 0 Å². The molecule has 3 nitrogen and oxygen atoms in total. The first-order valence-electron chi connectivity index (χ1n) is 8.19. The molecule has 1 atom stereocenters. The van der Waals surface area contributed by atoms with E-state index in [4.69, 9.17) is 23.2 Å². The van der Waals surface area contributed by atoms with Crippen molar-refractivity contribution in [1.29, 1.82) is 0 Å². The maximum atomic E-state index is 13.6. The third kappa shape index (κ3) is 4.94. The van der Waals surface area contributed by atoms with Gasteiger partial charge in [0.1, 0.15) is 11.9 Å². The fourth-order valence-electron chi connectivity index (χ4n) is 2.69. The van der Waals surface area contributed by atoms with E-state index in [1.54, 1.807) is 0 Å². The number of hydrogen-bond acceptors (Lipinski definition) is 1. The summed E-state index contributed by atoms with van der Waals surface area (Å²) >= 11 is 11.8. The molecule has 0 aliphatic carbocycles. The molecule has 0 radical (unpaired) electrons. The lowest BCUT2D eigenvalue weighted by Crippen LogP contribution is -2.86. The highest BCUT2D eigenvalue weighted by molar-refractivity contribution is 6.35. The Balaban J connectivity index is 2.02. The number of halogens is 3. The summed E-state index contributed by atoms with van der Waals surface area (Å²) in [6, 6.07) is 8.49. The predicted octanol–water partition coefficient (Wildman–Crippen LogP) is 4.27. The van der Waals surface area contributed by atoms with E-state index in [1.807, 2.05) is 37.4 Å². The normalized spacial score (nSPS) is 12.1. The summed E-state index contributed by atoms with van der Waals surface area (Å²) in [5, 5.41) is 5.17. The second kappa shape index (κ2) is 8.65. The lowest BCUT2D eigenvalue weighted by molar-refractivity contribution is -0.682. The number of anilines is 1. The monoisotopic (exact) mass is 383 g/mol. The van der Waals surface area contributed by atoms with Gasteiger partial charge >= 0.3 is 0 Å². The number of aryl methyl sites for hydroxylation is 2. The average Bonchev–Trinajstić information content (AvgIpc) is 2.57. The number of rotatable bonds is 6. The maximum Gasteiger partial charge on any atom is 0.279 e. The first-order valence-corrected chi connectivity index (χ1v) is 8.95. The summed E-state index contributed by atoms with van der Waals surface area (Å²) in [6.07, 6.45) is 0.844. The molecule has 0 aliphatic heterocycles. The van der Waals surface area contributed by atoms with Crippen molar-refractivity contribution in [3.8, 4) is 0 Å². The van der Waals surface area contributed by atoms with E-state index in [0.29, 0.717) is 10.6 Å². The SMILES string of the molecule is CCc1cccc(C)c1NC(=O)C[NH2+][C@H](C)c1cc(F)c(Cl)cc1Cl. The van der Waals surface area contributed by atoms with Gasteiger partial charge in [0.15, 0.2) is 6.54 Å². The van der Waals surface area contributed by atoms with E-state index in [9.17, 15) is 9.18 Å². The fourth-order valence-corrected chi connectivity index (χ4v) is 3.25. The second-order valence-electron chi connectivity index (χ2n) is 6.03. The number of carbonyl (C=O) groups excluding carboxylic acids is 1. The quantitative estimate of drug-likeness (QED) is 0.718. The zero-order valence-corrected chi connectivity index (χ0v) is 16.0. The Bertz CT molecular complexity index is 780. The predicted molar refractivity (Wildman–Crippen MR) is 101 cm³/mol. The number of amides is 1. The number of carbonyl (C=O) groups is 1. The third-order valence-corrected chi connectivity index (χ3v) is 4.81. The van der Waals surface area contributed by atoms with Crippen LogP contribution in [0.15, 0.2) is 30.3 Å². The highest BCUT2D eigenvalue weighted by atomic mass is 35.5. The molecule has 134 valence electrons. The third-order valence-electron chi connectivity index (χ3n) is 4.19. The van der Waals surface area contributed by atoms with Crippen molar-refractivity contribution in [3.05, 3.63) is 62.9 Å². The Labute approximate surface area is 157 Å².